The van der Waals surface area contributed by atoms with Crippen molar-refractivity contribution in [3.8, 4) is 0 Å². The number of pyridine rings is 1. The lowest BCUT2D eigenvalue weighted by atomic mass is 10.1. The van der Waals surface area contributed by atoms with Gasteiger partial charge in [-0.3, -0.25) is 4.98 Å². The summed E-state index contributed by atoms with van der Waals surface area (Å²) in [6, 6.07) is 5.58. The Morgan fingerprint density at radius 2 is 2.05 bits per heavy atom. The number of aromatic nitrogens is 1. The minimum absolute atomic E-state index is 0.293. The van der Waals surface area contributed by atoms with Gasteiger partial charge in [0.15, 0.2) is 0 Å². The number of halogens is 2. The molecule has 0 fully saturated rings. The SMILES string of the molecule is CCCCOC(=O)c1cc(C)nc2c(Br)cc(Br)cc12. The average molecular weight is 401 g/mol. The molecule has 1 heterocycles. The summed E-state index contributed by atoms with van der Waals surface area (Å²) in [5.41, 5.74) is 2.13. The number of rotatable bonds is 4. The molecule has 0 saturated heterocycles. The van der Waals surface area contributed by atoms with Crippen molar-refractivity contribution in [1.82, 2.24) is 4.98 Å². The van der Waals surface area contributed by atoms with Gasteiger partial charge in [-0.25, -0.2) is 4.79 Å². The summed E-state index contributed by atoms with van der Waals surface area (Å²) in [7, 11) is 0. The van der Waals surface area contributed by atoms with Gasteiger partial charge in [0.25, 0.3) is 0 Å². The molecule has 0 aliphatic rings. The van der Waals surface area contributed by atoms with Crippen molar-refractivity contribution >= 4 is 48.7 Å². The molecule has 1 aromatic heterocycles. The van der Waals surface area contributed by atoms with Crippen molar-refractivity contribution in [2.24, 2.45) is 0 Å². The Balaban J connectivity index is 2.49. The number of hydrogen-bond acceptors (Lipinski definition) is 3. The van der Waals surface area contributed by atoms with Gasteiger partial charge in [-0.05, 0) is 47.5 Å². The van der Waals surface area contributed by atoms with Crippen LogP contribution >= 0.6 is 31.9 Å². The number of nitrogens with zero attached hydrogens (tertiary/aromatic N) is 1. The Morgan fingerprint density at radius 1 is 1.30 bits per heavy atom. The van der Waals surface area contributed by atoms with Crippen molar-refractivity contribution in [2.45, 2.75) is 26.7 Å². The Morgan fingerprint density at radius 3 is 2.75 bits per heavy atom. The van der Waals surface area contributed by atoms with Gasteiger partial charge in [-0.2, -0.15) is 0 Å². The minimum Gasteiger partial charge on any atom is -0.462 e. The van der Waals surface area contributed by atoms with Crippen LogP contribution in [0.1, 0.15) is 35.8 Å². The van der Waals surface area contributed by atoms with Crippen LogP contribution in [0.3, 0.4) is 0 Å². The molecular weight excluding hydrogens is 386 g/mol. The molecule has 0 spiro atoms. The quantitative estimate of drug-likeness (QED) is 0.533. The van der Waals surface area contributed by atoms with Crippen molar-refractivity contribution in [1.29, 1.82) is 0 Å². The number of hydrogen-bond donors (Lipinski definition) is 0. The van der Waals surface area contributed by atoms with E-state index >= 15 is 0 Å². The highest BCUT2D eigenvalue weighted by molar-refractivity contribution is 9.11. The zero-order valence-corrected chi connectivity index (χ0v) is 14.5. The van der Waals surface area contributed by atoms with E-state index in [4.69, 9.17) is 4.74 Å². The first kappa shape index (κ1) is 15.4. The van der Waals surface area contributed by atoms with Crippen LogP contribution in [0, 0.1) is 6.92 Å². The fourth-order valence-electron chi connectivity index (χ4n) is 1.94. The highest BCUT2D eigenvalue weighted by Crippen LogP contribution is 2.30. The van der Waals surface area contributed by atoms with E-state index in [0.29, 0.717) is 12.2 Å². The second kappa shape index (κ2) is 6.68. The molecule has 0 unspecified atom stereocenters. The number of benzene rings is 1. The monoisotopic (exact) mass is 399 g/mol. The second-order valence-corrected chi connectivity index (χ2v) is 6.35. The van der Waals surface area contributed by atoms with E-state index in [-0.39, 0.29) is 5.97 Å². The van der Waals surface area contributed by atoms with Gasteiger partial charge >= 0.3 is 5.97 Å². The summed E-state index contributed by atoms with van der Waals surface area (Å²) in [6.07, 6.45) is 1.88. The van der Waals surface area contributed by atoms with Gasteiger partial charge in [0.1, 0.15) is 0 Å². The first-order valence-corrected chi connectivity index (χ1v) is 8.05. The number of carbonyl (C=O) groups is 1. The molecule has 0 saturated carbocycles. The van der Waals surface area contributed by atoms with E-state index in [1.54, 1.807) is 6.07 Å². The smallest absolute Gasteiger partial charge is 0.338 e. The van der Waals surface area contributed by atoms with Crippen LogP contribution in [0.5, 0.6) is 0 Å². The van der Waals surface area contributed by atoms with Gasteiger partial charge < -0.3 is 4.74 Å². The van der Waals surface area contributed by atoms with E-state index < -0.39 is 0 Å². The third-order valence-electron chi connectivity index (χ3n) is 2.91. The average Bonchev–Trinajstić information content (AvgIpc) is 2.39. The first-order chi connectivity index (χ1) is 9.52. The number of aryl methyl sites for hydroxylation is 1. The van der Waals surface area contributed by atoms with E-state index in [2.05, 4.69) is 43.8 Å². The Bertz CT molecular complexity index is 656. The standard InChI is InChI=1S/C15H15Br2NO2/c1-3-4-5-20-15(19)12-6-9(2)18-14-11(12)7-10(16)8-13(14)17/h6-8H,3-5H2,1-2H3. The highest BCUT2D eigenvalue weighted by atomic mass is 79.9. The molecular formula is C15H15Br2NO2. The Labute approximate surface area is 135 Å². The van der Waals surface area contributed by atoms with Crippen LogP contribution in [0.15, 0.2) is 27.1 Å². The zero-order valence-electron chi connectivity index (χ0n) is 11.4. The lowest BCUT2D eigenvalue weighted by molar-refractivity contribution is 0.0502. The molecule has 0 N–H and O–H groups in total. The third kappa shape index (κ3) is 3.38. The van der Waals surface area contributed by atoms with Gasteiger partial charge in [0, 0.05) is 20.0 Å². The zero-order chi connectivity index (χ0) is 14.7. The fourth-order valence-corrected chi connectivity index (χ4v) is 3.25. The van der Waals surface area contributed by atoms with Crippen LogP contribution in [0.25, 0.3) is 10.9 Å². The molecule has 0 aliphatic carbocycles. The molecule has 3 nitrogen and oxygen atoms in total. The molecule has 0 radical (unpaired) electrons. The molecule has 20 heavy (non-hydrogen) atoms. The normalized spacial score (nSPS) is 10.8. The fraction of sp³-hybridized carbons (Fsp3) is 0.333. The maximum Gasteiger partial charge on any atom is 0.338 e. The van der Waals surface area contributed by atoms with E-state index in [9.17, 15) is 4.79 Å². The molecule has 2 rings (SSSR count). The largest absolute Gasteiger partial charge is 0.462 e. The first-order valence-electron chi connectivity index (χ1n) is 6.46. The highest BCUT2D eigenvalue weighted by Gasteiger charge is 2.15. The van der Waals surface area contributed by atoms with Gasteiger partial charge in [0.2, 0.25) is 0 Å². The van der Waals surface area contributed by atoms with Crippen molar-refractivity contribution in [3.05, 3.63) is 38.4 Å². The number of unbranched alkanes of at least 4 members (excludes halogenated alkanes) is 1. The summed E-state index contributed by atoms with van der Waals surface area (Å²) in [4.78, 5) is 16.7. The molecule has 1 aromatic carbocycles. The summed E-state index contributed by atoms with van der Waals surface area (Å²) >= 11 is 6.92. The lowest BCUT2D eigenvalue weighted by Crippen LogP contribution is -2.08. The predicted molar refractivity (Wildman–Crippen MR) is 87.1 cm³/mol. The van der Waals surface area contributed by atoms with E-state index in [1.807, 2.05) is 19.1 Å². The van der Waals surface area contributed by atoms with E-state index in [0.717, 1.165) is 38.4 Å². The lowest BCUT2D eigenvalue weighted by Gasteiger charge is -2.10. The predicted octanol–water partition coefficient (Wildman–Crippen LogP) is 5.03. The van der Waals surface area contributed by atoms with Gasteiger partial charge in [-0.15, -0.1) is 0 Å². The van der Waals surface area contributed by atoms with Gasteiger partial charge in [-0.1, -0.05) is 29.3 Å². The maximum atomic E-state index is 12.2. The van der Waals surface area contributed by atoms with Crippen LogP contribution < -0.4 is 0 Å². The van der Waals surface area contributed by atoms with Crippen molar-refractivity contribution < 1.29 is 9.53 Å². The minimum atomic E-state index is -0.293. The molecule has 0 aliphatic heterocycles. The van der Waals surface area contributed by atoms with E-state index in [1.165, 1.54) is 0 Å². The molecule has 5 heteroatoms. The summed E-state index contributed by atoms with van der Waals surface area (Å²) in [6.45, 7) is 4.39. The van der Waals surface area contributed by atoms with Gasteiger partial charge in [0.05, 0.1) is 17.7 Å². The topological polar surface area (TPSA) is 39.2 Å². The number of fused-ring (bicyclic) bond motifs is 1. The summed E-state index contributed by atoms with van der Waals surface area (Å²) in [5, 5.41) is 0.790. The Kier molecular flexibility index (Phi) is 5.16. The second-order valence-electron chi connectivity index (χ2n) is 4.58. The molecule has 0 bridgehead atoms. The van der Waals surface area contributed by atoms with Crippen LogP contribution in [0.2, 0.25) is 0 Å². The molecule has 106 valence electrons. The third-order valence-corrected chi connectivity index (χ3v) is 3.97. The van der Waals surface area contributed by atoms with Crippen molar-refractivity contribution in [3.63, 3.8) is 0 Å². The van der Waals surface area contributed by atoms with Crippen LogP contribution in [-0.4, -0.2) is 17.6 Å². The molecule has 2 aromatic rings. The molecule has 0 atom stereocenters. The maximum absolute atomic E-state index is 12.2. The summed E-state index contributed by atoms with van der Waals surface area (Å²) in [5.74, 6) is -0.293. The number of ether oxygens (including phenoxy) is 1. The molecule has 0 amide bonds. The number of carbonyl (C=O) groups excluding carboxylic acids is 1. The Hall–Kier alpha value is -0.940. The van der Waals surface area contributed by atoms with Crippen molar-refractivity contribution in [2.75, 3.05) is 6.61 Å². The van der Waals surface area contributed by atoms with Crippen LogP contribution in [0.4, 0.5) is 0 Å². The summed E-state index contributed by atoms with van der Waals surface area (Å²) < 4.78 is 7.06. The number of esters is 1. The van der Waals surface area contributed by atoms with Crippen LogP contribution in [-0.2, 0) is 4.74 Å².